The molecule has 0 aliphatic carbocycles. The summed E-state index contributed by atoms with van der Waals surface area (Å²) in [6.45, 7) is 2.38. The Balaban J connectivity index is 2.77. The molecule has 1 aromatic rings. The van der Waals surface area contributed by atoms with E-state index in [2.05, 4.69) is 10.3 Å². The summed E-state index contributed by atoms with van der Waals surface area (Å²) in [5, 5.41) is 2.88. The van der Waals surface area contributed by atoms with Crippen LogP contribution in [-0.4, -0.2) is 31.5 Å². The van der Waals surface area contributed by atoms with Gasteiger partial charge in [0.2, 0.25) is 5.91 Å². The van der Waals surface area contributed by atoms with E-state index in [1.165, 1.54) is 0 Å². The van der Waals surface area contributed by atoms with Gasteiger partial charge >= 0.3 is 0 Å². The first kappa shape index (κ1) is 13.4. The Kier molecular flexibility index (Phi) is 4.90. The number of amides is 1. The van der Waals surface area contributed by atoms with Crippen molar-refractivity contribution >= 4 is 17.3 Å². The fourth-order valence-electron chi connectivity index (χ4n) is 1.51. The summed E-state index contributed by atoms with van der Waals surface area (Å²) in [4.78, 5) is 17.8. The van der Waals surface area contributed by atoms with Crippen LogP contribution in [0, 0.1) is 5.92 Å². The van der Waals surface area contributed by atoms with Crippen LogP contribution >= 0.6 is 0 Å². The van der Waals surface area contributed by atoms with E-state index in [1.54, 1.807) is 12.4 Å². The van der Waals surface area contributed by atoms with Gasteiger partial charge in [-0.1, -0.05) is 6.92 Å². The van der Waals surface area contributed by atoms with E-state index in [9.17, 15) is 4.79 Å². The van der Waals surface area contributed by atoms with Crippen molar-refractivity contribution in [2.75, 3.05) is 30.9 Å². The minimum Gasteiger partial charge on any atom is -0.376 e. The summed E-state index contributed by atoms with van der Waals surface area (Å²) in [5.74, 6) is -0.109. The molecule has 1 atom stereocenters. The van der Waals surface area contributed by atoms with E-state index < -0.39 is 0 Å². The third-order valence-corrected chi connectivity index (χ3v) is 2.58. The van der Waals surface area contributed by atoms with Crippen LogP contribution in [0.5, 0.6) is 0 Å². The molecule has 5 nitrogen and oxygen atoms in total. The quantitative estimate of drug-likeness (QED) is 0.802. The number of aromatic nitrogens is 1. The Labute approximate surface area is 102 Å². The van der Waals surface area contributed by atoms with Gasteiger partial charge in [0.25, 0.3) is 0 Å². The van der Waals surface area contributed by atoms with E-state index in [4.69, 9.17) is 5.73 Å². The molecule has 0 saturated carbocycles. The molecule has 94 valence electrons. The lowest BCUT2D eigenvalue weighted by atomic mass is 10.1. The lowest BCUT2D eigenvalue weighted by Crippen LogP contribution is -2.24. The lowest BCUT2D eigenvalue weighted by molar-refractivity contribution is -0.119. The predicted molar refractivity (Wildman–Crippen MR) is 70.0 cm³/mol. The summed E-state index contributed by atoms with van der Waals surface area (Å²) in [7, 11) is 3.85. The van der Waals surface area contributed by atoms with Gasteiger partial charge in [0, 0.05) is 26.2 Å². The van der Waals surface area contributed by atoms with E-state index >= 15 is 0 Å². The maximum Gasteiger partial charge on any atom is 0.227 e. The Morgan fingerprint density at radius 3 is 2.88 bits per heavy atom. The summed E-state index contributed by atoms with van der Waals surface area (Å²) in [6, 6.07) is 1.86. The summed E-state index contributed by atoms with van der Waals surface area (Å²) in [5.41, 5.74) is 7.10. The second kappa shape index (κ2) is 6.20. The maximum absolute atomic E-state index is 11.9. The summed E-state index contributed by atoms with van der Waals surface area (Å²) < 4.78 is 0. The number of nitrogens with two attached hydrogens (primary N) is 1. The van der Waals surface area contributed by atoms with E-state index in [1.807, 2.05) is 32.0 Å². The zero-order chi connectivity index (χ0) is 12.8. The molecular formula is C12H20N4O. The van der Waals surface area contributed by atoms with Crippen molar-refractivity contribution in [2.24, 2.45) is 11.7 Å². The third-order valence-electron chi connectivity index (χ3n) is 2.58. The molecule has 0 saturated heterocycles. The zero-order valence-electron chi connectivity index (χ0n) is 10.6. The highest BCUT2D eigenvalue weighted by atomic mass is 16.1. The van der Waals surface area contributed by atoms with Crippen LogP contribution < -0.4 is 16.0 Å². The highest BCUT2D eigenvalue weighted by molar-refractivity contribution is 5.95. The van der Waals surface area contributed by atoms with Gasteiger partial charge in [-0.3, -0.25) is 9.78 Å². The van der Waals surface area contributed by atoms with Crippen LogP contribution in [0.1, 0.15) is 13.3 Å². The van der Waals surface area contributed by atoms with Gasteiger partial charge in [-0.15, -0.1) is 0 Å². The van der Waals surface area contributed by atoms with Gasteiger partial charge in [-0.25, -0.2) is 0 Å². The molecule has 1 rings (SSSR count). The number of nitrogens with zero attached hydrogens (tertiary/aromatic N) is 2. The highest BCUT2D eigenvalue weighted by Crippen LogP contribution is 2.22. The highest BCUT2D eigenvalue weighted by Gasteiger charge is 2.14. The Morgan fingerprint density at radius 2 is 2.29 bits per heavy atom. The molecule has 0 bridgehead atoms. The summed E-state index contributed by atoms with van der Waals surface area (Å²) in [6.07, 6.45) is 4.04. The number of carbonyl (C=O) groups is 1. The van der Waals surface area contributed by atoms with Crippen molar-refractivity contribution in [3.8, 4) is 0 Å². The SMILES string of the molecule is CC(CCN)C(=O)Nc1cnccc1N(C)C. The van der Waals surface area contributed by atoms with Crippen molar-refractivity contribution in [1.82, 2.24) is 4.98 Å². The average Bonchev–Trinajstić information content (AvgIpc) is 2.29. The Bertz CT molecular complexity index is 379. The van der Waals surface area contributed by atoms with Crippen molar-refractivity contribution in [2.45, 2.75) is 13.3 Å². The predicted octanol–water partition coefficient (Wildman–Crippen LogP) is 1.07. The molecule has 1 aromatic heterocycles. The van der Waals surface area contributed by atoms with Gasteiger partial charge in [-0.05, 0) is 19.0 Å². The number of anilines is 2. The van der Waals surface area contributed by atoms with Gasteiger partial charge < -0.3 is 16.0 Å². The molecule has 5 heteroatoms. The first-order chi connectivity index (χ1) is 8.06. The minimum atomic E-state index is -0.0878. The second-order valence-corrected chi connectivity index (χ2v) is 4.25. The number of nitrogens with one attached hydrogen (secondary N) is 1. The molecule has 0 spiro atoms. The number of hydrogen-bond donors (Lipinski definition) is 2. The molecule has 17 heavy (non-hydrogen) atoms. The second-order valence-electron chi connectivity index (χ2n) is 4.25. The molecule has 0 aliphatic heterocycles. The lowest BCUT2D eigenvalue weighted by Gasteiger charge is -2.18. The van der Waals surface area contributed by atoms with Gasteiger partial charge in [0.1, 0.15) is 0 Å². The molecule has 0 radical (unpaired) electrons. The summed E-state index contributed by atoms with van der Waals surface area (Å²) >= 11 is 0. The number of pyridine rings is 1. The Hall–Kier alpha value is -1.62. The normalized spacial score (nSPS) is 12.0. The van der Waals surface area contributed by atoms with Crippen molar-refractivity contribution in [3.05, 3.63) is 18.5 Å². The maximum atomic E-state index is 11.9. The largest absolute Gasteiger partial charge is 0.376 e. The van der Waals surface area contributed by atoms with Crippen molar-refractivity contribution in [3.63, 3.8) is 0 Å². The Morgan fingerprint density at radius 1 is 1.59 bits per heavy atom. The van der Waals surface area contributed by atoms with Gasteiger partial charge in [0.15, 0.2) is 0 Å². The fourth-order valence-corrected chi connectivity index (χ4v) is 1.51. The van der Waals surface area contributed by atoms with Crippen molar-refractivity contribution in [1.29, 1.82) is 0 Å². The van der Waals surface area contributed by atoms with Crippen LogP contribution in [-0.2, 0) is 4.79 Å². The first-order valence-corrected chi connectivity index (χ1v) is 5.68. The van der Waals surface area contributed by atoms with Gasteiger partial charge in [0.05, 0.1) is 17.6 Å². The van der Waals surface area contributed by atoms with Crippen molar-refractivity contribution < 1.29 is 4.79 Å². The van der Waals surface area contributed by atoms with Crippen LogP contribution in [0.2, 0.25) is 0 Å². The van der Waals surface area contributed by atoms with Crippen LogP contribution in [0.3, 0.4) is 0 Å². The smallest absolute Gasteiger partial charge is 0.227 e. The number of hydrogen-bond acceptors (Lipinski definition) is 4. The molecule has 1 unspecified atom stereocenters. The van der Waals surface area contributed by atoms with Crippen LogP contribution in [0.15, 0.2) is 18.5 Å². The van der Waals surface area contributed by atoms with Crippen LogP contribution in [0.4, 0.5) is 11.4 Å². The zero-order valence-corrected chi connectivity index (χ0v) is 10.6. The molecule has 0 fully saturated rings. The van der Waals surface area contributed by atoms with E-state index in [0.29, 0.717) is 13.0 Å². The van der Waals surface area contributed by atoms with E-state index in [-0.39, 0.29) is 11.8 Å². The third kappa shape index (κ3) is 3.71. The molecule has 1 amide bonds. The van der Waals surface area contributed by atoms with E-state index in [0.717, 1.165) is 11.4 Å². The first-order valence-electron chi connectivity index (χ1n) is 5.68. The number of rotatable bonds is 5. The average molecular weight is 236 g/mol. The topological polar surface area (TPSA) is 71.2 Å². The standard InChI is InChI=1S/C12H20N4O/c1-9(4-6-13)12(17)15-10-8-14-7-5-11(10)16(2)3/h5,7-9H,4,6,13H2,1-3H3,(H,15,17). The minimum absolute atomic E-state index is 0.0217. The molecule has 1 heterocycles. The van der Waals surface area contributed by atoms with Gasteiger partial charge in [-0.2, -0.15) is 0 Å². The molecule has 3 N–H and O–H groups in total. The molecular weight excluding hydrogens is 216 g/mol. The molecule has 0 aromatic carbocycles. The number of carbonyl (C=O) groups excluding carboxylic acids is 1. The van der Waals surface area contributed by atoms with Crippen LogP contribution in [0.25, 0.3) is 0 Å². The molecule has 0 aliphatic rings. The monoisotopic (exact) mass is 236 g/mol. The fraction of sp³-hybridized carbons (Fsp3) is 0.500.